The summed E-state index contributed by atoms with van der Waals surface area (Å²) in [6.07, 6.45) is 4.55. The van der Waals surface area contributed by atoms with Crippen LogP contribution in [0.15, 0.2) is 11.6 Å². The molecule has 3 nitrogen and oxygen atoms in total. The highest BCUT2D eigenvalue weighted by molar-refractivity contribution is 5.87. The lowest BCUT2D eigenvalue weighted by atomic mass is 10.1. The summed E-state index contributed by atoms with van der Waals surface area (Å²) in [5.74, 6) is 4.31. The predicted octanol–water partition coefficient (Wildman–Crippen LogP) is 1.54. The highest BCUT2D eigenvalue weighted by Crippen LogP contribution is 2.07. The summed E-state index contributed by atoms with van der Waals surface area (Å²) in [7, 11) is 0. The van der Waals surface area contributed by atoms with Crippen molar-refractivity contribution in [2.24, 2.45) is 5.90 Å². The lowest BCUT2D eigenvalue weighted by molar-refractivity contribution is -0.139. The Labute approximate surface area is 67.2 Å². The number of nitrogens with two attached hydrogens (primary N) is 1. The van der Waals surface area contributed by atoms with Crippen LogP contribution in [0.5, 0.6) is 0 Å². The van der Waals surface area contributed by atoms with E-state index in [9.17, 15) is 4.79 Å². The van der Waals surface area contributed by atoms with Crippen molar-refractivity contribution in [1.29, 1.82) is 0 Å². The summed E-state index contributed by atoms with van der Waals surface area (Å²) in [6, 6.07) is 0. The molecule has 0 aliphatic rings. The first kappa shape index (κ1) is 10.2. The molecule has 2 N–H and O–H groups in total. The minimum Gasteiger partial charge on any atom is -0.370 e. The molecule has 3 heteroatoms. The number of hydrogen-bond donors (Lipinski definition) is 1. The summed E-state index contributed by atoms with van der Waals surface area (Å²) >= 11 is 0. The number of hydrogen-bond acceptors (Lipinski definition) is 3. The molecule has 0 fully saturated rings. The number of carbonyl (C=O) groups is 1. The van der Waals surface area contributed by atoms with Crippen LogP contribution >= 0.6 is 0 Å². The minimum atomic E-state index is -0.416. The fourth-order valence-electron chi connectivity index (χ4n) is 0.807. The molecule has 0 unspecified atom stereocenters. The summed E-state index contributed by atoms with van der Waals surface area (Å²) in [5.41, 5.74) is 0.661. The van der Waals surface area contributed by atoms with Crippen LogP contribution in [0.1, 0.15) is 33.1 Å². The molecule has 0 saturated heterocycles. The van der Waals surface area contributed by atoms with Crippen molar-refractivity contribution in [3.05, 3.63) is 11.6 Å². The predicted molar refractivity (Wildman–Crippen MR) is 43.6 cm³/mol. The fourth-order valence-corrected chi connectivity index (χ4v) is 0.807. The third kappa shape index (κ3) is 3.78. The van der Waals surface area contributed by atoms with Crippen LogP contribution in [0.25, 0.3) is 0 Å². The molecule has 0 aromatic heterocycles. The molecule has 0 spiro atoms. The maximum atomic E-state index is 10.8. The molecule has 0 aliphatic heterocycles. The quantitative estimate of drug-likeness (QED) is 0.497. The SMILES string of the molecule is C/C=C(\CCCC)C(=O)ON. The number of allylic oxidation sites excluding steroid dienone is 1. The second kappa shape index (κ2) is 5.92. The second-order valence-electron chi connectivity index (χ2n) is 2.32. The fraction of sp³-hybridized carbons (Fsp3) is 0.625. The van der Waals surface area contributed by atoms with Crippen LogP contribution < -0.4 is 5.90 Å². The van der Waals surface area contributed by atoms with E-state index in [0.29, 0.717) is 5.57 Å². The van der Waals surface area contributed by atoms with Gasteiger partial charge in [-0.15, -0.1) is 0 Å². The molecule has 0 atom stereocenters. The third-order valence-corrected chi connectivity index (χ3v) is 1.52. The van der Waals surface area contributed by atoms with Gasteiger partial charge in [0.1, 0.15) is 0 Å². The van der Waals surface area contributed by atoms with Gasteiger partial charge in [-0.05, 0) is 19.8 Å². The number of carbonyl (C=O) groups excluding carboxylic acids is 1. The average molecular weight is 157 g/mol. The van der Waals surface area contributed by atoms with Crippen LogP contribution in [0.3, 0.4) is 0 Å². The molecule has 0 rings (SSSR count). The zero-order chi connectivity index (χ0) is 8.69. The Kier molecular flexibility index (Phi) is 5.47. The van der Waals surface area contributed by atoms with Crippen LogP contribution in [0, 0.1) is 0 Å². The first-order chi connectivity index (χ1) is 5.26. The monoisotopic (exact) mass is 157 g/mol. The maximum Gasteiger partial charge on any atom is 0.352 e. The minimum absolute atomic E-state index is 0.416. The van der Waals surface area contributed by atoms with Gasteiger partial charge in [0.15, 0.2) is 0 Å². The van der Waals surface area contributed by atoms with Gasteiger partial charge in [-0.25, -0.2) is 4.79 Å². The summed E-state index contributed by atoms with van der Waals surface area (Å²) in [4.78, 5) is 14.9. The van der Waals surface area contributed by atoms with Gasteiger partial charge < -0.3 is 4.84 Å². The van der Waals surface area contributed by atoms with Crippen LogP contribution in [-0.4, -0.2) is 5.97 Å². The van der Waals surface area contributed by atoms with Crippen molar-refractivity contribution < 1.29 is 9.63 Å². The van der Waals surface area contributed by atoms with Gasteiger partial charge in [0.05, 0.1) is 0 Å². The Bertz CT molecular complexity index is 152. The third-order valence-electron chi connectivity index (χ3n) is 1.52. The molecule has 0 aliphatic carbocycles. The van der Waals surface area contributed by atoms with Gasteiger partial charge in [0.2, 0.25) is 0 Å². The molecule has 64 valence electrons. The Morgan fingerprint density at radius 3 is 2.64 bits per heavy atom. The molecule has 0 aromatic carbocycles. The van der Waals surface area contributed by atoms with Gasteiger partial charge in [-0.2, -0.15) is 5.90 Å². The first-order valence-electron chi connectivity index (χ1n) is 3.82. The van der Waals surface area contributed by atoms with Crippen LogP contribution in [0.2, 0.25) is 0 Å². The van der Waals surface area contributed by atoms with E-state index in [1.54, 1.807) is 6.08 Å². The van der Waals surface area contributed by atoms with Crippen LogP contribution in [0.4, 0.5) is 0 Å². The molecular weight excluding hydrogens is 142 g/mol. The maximum absolute atomic E-state index is 10.8. The zero-order valence-corrected chi connectivity index (χ0v) is 7.09. The standard InChI is InChI=1S/C8H15NO2/c1-3-5-6-7(4-2)8(10)11-9/h4H,3,5-6,9H2,1-2H3/b7-4+. The van der Waals surface area contributed by atoms with Crippen molar-refractivity contribution in [3.8, 4) is 0 Å². The number of rotatable bonds is 4. The van der Waals surface area contributed by atoms with Gasteiger partial charge in [0, 0.05) is 5.57 Å². The zero-order valence-electron chi connectivity index (χ0n) is 7.09. The molecule has 0 aromatic rings. The van der Waals surface area contributed by atoms with Gasteiger partial charge in [-0.3, -0.25) is 0 Å². The normalized spacial score (nSPS) is 11.4. The topological polar surface area (TPSA) is 52.3 Å². The van der Waals surface area contributed by atoms with Gasteiger partial charge in [-0.1, -0.05) is 19.4 Å². The van der Waals surface area contributed by atoms with Gasteiger partial charge in [0.25, 0.3) is 0 Å². The lowest BCUT2D eigenvalue weighted by Crippen LogP contribution is -2.12. The van der Waals surface area contributed by atoms with E-state index in [2.05, 4.69) is 11.8 Å². The highest BCUT2D eigenvalue weighted by Gasteiger charge is 2.06. The average Bonchev–Trinajstić information content (AvgIpc) is 2.05. The van der Waals surface area contributed by atoms with E-state index in [-0.39, 0.29) is 0 Å². The Hall–Kier alpha value is -0.830. The molecular formula is C8H15NO2. The van der Waals surface area contributed by atoms with E-state index >= 15 is 0 Å². The Balaban J connectivity index is 3.87. The van der Waals surface area contributed by atoms with Crippen molar-refractivity contribution >= 4 is 5.97 Å². The largest absolute Gasteiger partial charge is 0.370 e. The summed E-state index contributed by atoms with van der Waals surface area (Å²) in [6.45, 7) is 3.88. The molecule has 0 bridgehead atoms. The lowest BCUT2D eigenvalue weighted by Gasteiger charge is -2.01. The molecule has 11 heavy (non-hydrogen) atoms. The summed E-state index contributed by atoms with van der Waals surface area (Å²) in [5, 5.41) is 0. The van der Waals surface area contributed by atoms with E-state index in [0.717, 1.165) is 19.3 Å². The Morgan fingerprint density at radius 1 is 1.64 bits per heavy atom. The molecule has 0 amide bonds. The van der Waals surface area contributed by atoms with Gasteiger partial charge >= 0.3 is 5.97 Å². The van der Waals surface area contributed by atoms with E-state index in [1.807, 2.05) is 6.92 Å². The highest BCUT2D eigenvalue weighted by atomic mass is 16.7. The van der Waals surface area contributed by atoms with Crippen molar-refractivity contribution in [2.75, 3.05) is 0 Å². The molecule has 0 heterocycles. The van der Waals surface area contributed by atoms with Crippen LogP contribution in [-0.2, 0) is 9.63 Å². The number of unbranched alkanes of at least 4 members (excludes halogenated alkanes) is 1. The van der Waals surface area contributed by atoms with E-state index in [4.69, 9.17) is 5.90 Å². The second-order valence-corrected chi connectivity index (χ2v) is 2.32. The smallest absolute Gasteiger partial charge is 0.352 e. The Morgan fingerprint density at radius 2 is 2.27 bits per heavy atom. The van der Waals surface area contributed by atoms with E-state index in [1.165, 1.54) is 0 Å². The van der Waals surface area contributed by atoms with Crippen molar-refractivity contribution in [3.63, 3.8) is 0 Å². The molecule has 0 radical (unpaired) electrons. The first-order valence-corrected chi connectivity index (χ1v) is 3.82. The molecule has 0 saturated carbocycles. The van der Waals surface area contributed by atoms with Crippen molar-refractivity contribution in [1.82, 2.24) is 0 Å². The summed E-state index contributed by atoms with van der Waals surface area (Å²) < 4.78 is 0. The van der Waals surface area contributed by atoms with E-state index < -0.39 is 5.97 Å². The van der Waals surface area contributed by atoms with Crippen molar-refractivity contribution in [2.45, 2.75) is 33.1 Å².